The molecule has 0 bridgehead atoms. The predicted octanol–water partition coefficient (Wildman–Crippen LogP) is 3.96. The molecule has 0 saturated heterocycles. The second-order valence-electron chi connectivity index (χ2n) is 6.63. The Hall–Kier alpha value is -3.26. The first-order valence-corrected chi connectivity index (χ1v) is 9.16. The van der Waals surface area contributed by atoms with Crippen molar-refractivity contribution in [3.05, 3.63) is 81.0 Å². The zero-order valence-corrected chi connectivity index (χ0v) is 15.8. The van der Waals surface area contributed by atoms with Crippen molar-refractivity contribution in [2.24, 2.45) is 0 Å². The summed E-state index contributed by atoms with van der Waals surface area (Å²) in [7, 11) is 0. The molecule has 29 heavy (non-hydrogen) atoms. The van der Waals surface area contributed by atoms with Crippen molar-refractivity contribution < 1.29 is 13.6 Å². The third kappa shape index (κ3) is 3.97. The number of rotatable bonds is 2. The van der Waals surface area contributed by atoms with E-state index in [0.29, 0.717) is 30.6 Å². The van der Waals surface area contributed by atoms with Crippen LogP contribution in [-0.4, -0.2) is 27.4 Å². The number of H-pyrrole nitrogens is 1. The lowest BCUT2D eigenvalue weighted by atomic mass is 10.0. The summed E-state index contributed by atoms with van der Waals surface area (Å²) < 4.78 is 27.6. The van der Waals surface area contributed by atoms with Crippen molar-refractivity contribution in [3.63, 3.8) is 0 Å². The Morgan fingerprint density at radius 2 is 2.03 bits per heavy atom. The molecule has 2 N–H and O–H groups in total. The summed E-state index contributed by atoms with van der Waals surface area (Å²) in [5.74, 6) is -1.33. The zero-order chi connectivity index (χ0) is 20.5. The van der Waals surface area contributed by atoms with Gasteiger partial charge in [-0.1, -0.05) is 11.6 Å². The van der Waals surface area contributed by atoms with Crippen LogP contribution in [0.1, 0.15) is 11.1 Å². The fourth-order valence-corrected chi connectivity index (χ4v) is 3.50. The van der Waals surface area contributed by atoms with E-state index in [1.165, 1.54) is 35.4 Å². The first kappa shape index (κ1) is 19.1. The van der Waals surface area contributed by atoms with Crippen LogP contribution in [0.4, 0.5) is 19.3 Å². The van der Waals surface area contributed by atoms with Gasteiger partial charge in [0, 0.05) is 42.7 Å². The highest BCUT2D eigenvalue weighted by atomic mass is 35.5. The maximum absolute atomic E-state index is 14.6. The maximum Gasteiger partial charge on any atom is 0.322 e. The number of benzene rings is 1. The Labute approximate surface area is 169 Å². The molecule has 0 saturated carbocycles. The number of hydrogen-bond donors (Lipinski definition) is 2. The number of carbonyl (C=O) groups is 1. The molecule has 9 heteroatoms. The average Bonchev–Trinajstić information content (AvgIpc) is 2.70. The topological polar surface area (TPSA) is 78.1 Å². The van der Waals surface area contributed by atoms with Crippen LogP contribution in [0.3, 0.4) is 0 Å². The highest BCUT2D eigenvalue weighted by Gasteiger charge is 2.22. The van der Waals surface area contributed by atoms with Crippen LogP contribution in [0.15, 0.2) is 47.5 Å². The third-order valence-electron chi connectivity index (χ3n) is 4.74. The van der Waals surface area contributed by atoms with Crippen molar-refractivity contribution in [3.8, 4) is 11.1 Å². The van der Waals surface area contributed by atoms with Crippen LogP contribution in [0, 0.1) is 11.8 Å². The van der Waals surface area contributed by atoms with E-state index in [0.717, 1.165) is 17.2 Å². The summed E-state index contributed by atoms with van der Waals surface area (Å²) in [5, 5.41) is 2.72. The molecule has 148 valence electrons. The van der Waals surface area contributed by atoms with Gasteiger partial charge in [-0.15, -0.1) is 0 Å². The summed E-state index contributed by atoms with van der Waals surface area (Å²) >= 11 is 6.24. The summed E-state index contributed by atoms with van der Waals surface area (Å²) in [4.78, 5) is 31.6. The third-order valence-corrected chi connectivity index (χ3v) is 5.06. The van der Waals surface area contributed by atoms with E-state index in [9.17, 15) is 18.4 Å². The fourth-order valence-electron chi connectivity index (χ4n) is 3.23. The molecular weight excluding hydrogens is 402 g/mol. The van der Waals surface area contributed by atoms with E-state index >= 15 is 0 Å². The lowest BCUT2D eigenvalue weighted by Crippen LogP contribution is -2.39. The van der Waals surface area contributed by atoms with E-state index in [4.69, 9.17) is 11.6 Å². The number of nitrogens with one attached hydrogen (secondary N) is 2. The van der Waals surface area contributed by atoms with Gasteiger partial charge in [0.05, 0.1) is 10.7 Å². The van der Waals surface area contributed by atoms with Crippen molar-refractivity contribution in [1.82, 2.24) is 14.9 Å². The number of halogens is 3. The summed E-state index contributed by atoms with van der Waals surface area (Å²) in [5.41, 5.74) is 2.27. The van der Waals surface area contributed by atoms with Crippen LogP contribution in [-0.2, 0) is 13.0 Å². The molecule has 6 nitrogen and oxygen atoms in total. The summed E-state index contributed by atoms with van der Waals surface area (Å²) in [6, 6.07) is 6.12. The first-order chi connectivity index (χ1) is 13.9. The molecule has 2 amide bonds. The van der Waals surface area contributed by atoms with Crippen LogP contribution >= 0.6 is 11.6 Å². The van der Waals surface area contributed by atoms with Crippen LogP contribution in [0.2, 0.25) is 5.02 Å². The van der Waals surface area contributed by atoms with Gasteiger partial charge in [0.25, 0.3) is 0 Å². The smallest absolute Gasteiger partial charge is 0.322 e. The van der Waals surface area contributed by atoms with E-state index in [2.05, 4.69) is 15.3 Å². The molecule has 4 rings (SSSR count). The number of hydrogen-bond acceptors (Lipinski definition) is 3. The van der Waals surface area contributed by atoms with Gasteiger partial charge in [-0.25, -0.2) is 14.2 Å². The molecule has 0 aliphatic carbocycles. The molecule has 3 heterocycles. The van der Waals surface area contributed by atoms with Gasteiger partial charge in [-0.2, -0.15) is 4.39 Å². The SMILES string of the molecule is O=C(Nc1cc(Cl)c(-c2ccc(F)nc2)cc1F)N1CCc2cc(=O)[nH]cc2C1. The summed E-state index contributed by atoms with van der Waals surface area (Å²) in [6.07, 6.45) is 3.37. The zero-order valence-electron chi connectivity index (χ0n) is 15.0. The molecule has 1 aromatic carbocycles. The standard InChI is InChI=1S/C20H15ClF2N4O2/c21-15-7-17(16(22)6-14(15)12-1-2-18(23)24-8-12)26-20(29)27-4-3-11-5-19(28)25-9-13(11)10-27/h1-2,5-9H,3-4,10H2,(H,25,28)(H,26,29). The highest BCUT2D eigenvalue weighted by molar-refractivity contribution is 6.33. The second kappa shape index (κ2) is 7.63. The minimum atomic E-state index is -0.677. The lowest BCUT2D eigenvalue weighted by molar-refractivity contribution is 0.206. The number of aromatic nitrogens is 2. The number of aromatic amines is 1. The summed E-state index contributed by atoms with van der Waals surface area (Å²) in [6.45, 7) is 0.698. The van der Waals surface area contributed by atoms with Gasteiger partial charge < -0.3 is 15.2 Å². The van der Waals surface area contributed by atoms with E-state index in [1.54, 1.807) is 6.20 Å². The lowest BCUT2D eigenvalue weighted by Gasteiger charge is -2.28. The molecule has 2 aromatic heterocycles. The van der Waals surface area contributed by atoms with Crippen molar-refractivity contribution in [2.75, 3.05) is 11.9 Å². The Kier molecular flexibility index (Phi) is 5.02. The Morgan fingerprint density at radius 1 is 1.21 bits per heavy atom. The number of anilines is 1. The molecule has 0 unspecified atom stereocenters. The van der Waals surface area contributed by atoms with Crippen molar-refractivity contribution >= 4 is 23.3 Å². The molecule has 1 aliphatic heterocycles. The number of urea groups is 1. The van der Waals surface area contributed by atoms with Crippen LogP contribution in [0.5, 0.6) is 0 Å². The highest BCUT2D eigenvalue weighted by Crippen LogP contribution is 2.32. The number of carbonyl (C=O) groups excluding carboxylic acids is 1. The van der Waals surface area contributed by atoms with E-state index in [1.807, 2.05) is 0 Å². The minimum Gasteiger partial charge on any atom is -0.329 e. The van der Waals surface area contributed by atoms with Gasteiger partial charge in [-0.3, -0.25) is 4.79 Å². The molecule has 3 aromatic rings. The van der Waals surface area contributed by atoms with E-state index < -0.39 is 17.8 Å². The monoisotopic (exact) mass is 416 g/mol. The number of nitrogens with zero attached hydrogens (tertiary/aromatic N) is 2. The second-order valence-corrected chi connectivity index (χ2v) is 7.04. The minimum absolute atomic E-state index is 0.0638. The van der Waals surface area contributed by atoms with Gasteiger partial charge in [0.1, 0.15) is 5.82 Å². The van der Waals surface area contributed by atoms with Crippen LogP contribution in [0.25, 0.3) is 11.1 Å². The normalized spacial score (nSPS) is 13.1. The molecule has 0 fully saturated rings. The number of amides is 2. The van der Waals surface area contributed by atoms with Gasteiger partial charge >= 0.3 is 6.03 Å². The van der Waals surface area contributed by atoms with Crippen LogP contribution < -0.4 is 10.9 Å². The quantitative estimate of drug-likeness (QED) is 0.621. The maximum atomic E-state index is 14.6. The number of fused-ring (bicyclic) bond motifs is 1. The van der Waals surface area contributed by atoms with Crippen molar-refractivity contribution in [2.45, 2.75) is 13.0 Å². The molecule has 0 radical (unpaired) electrons. The largest absolute Gasteiger partial charge is 0.329 e. The number of pyridine rings is 2. The van der Waals surface area contributed by atoms with Gasteiger partial charge in [-0.05, 0) is 41.8 Å². The molecule has 0 atom stereocenters. The Morgan fingerprint density at radius 3 is 2.79 bits per heavy atom. The molecule has 0 spiro atoms. The average molecular weight is 417 g/mol. The van der Waals surface area contributed by atoms with Crippen molar-refractivity contribution in [1.29, 1.82) is 0 Å². The van der Waals surface area contributed by atoms with Gasteiger partial charge in [0.15, 0.2) is 0 Å². The molecular formula is C20H15ClF2N4O2. The van der Waals surface area contributed by atoms with E-state index in [-0.39, 0.29) is 16.3 Å². The Balaban J connectivity index is 1.53. The Bertz CT molecular complexity index is 1150. The van der Waals surface area contributed by atoms with Gasteiger partial charge in [0.2, 0.25) is 11.5 Å². The predicted molar refractivity (Wildman–Crippen MR) is 105 cm³/mol. The fraction of sp³-hybridized carbons (Fsp3) is 0.150. The first-order valence-electron chi connectivity index (χ1n) is 8.78. The molecule has 1 aliphatic rings.